The number of halogens is 1. The summed E-state index contributed by atoms with van der Waals surface area (Å²) in [5.41, 5.74) is 1.09. The number of nitriles is 1. The molecule has 9 heteroatoms. The van der Waals surface area contributed by atoms with Crippen LogP contribution in [0.15, 0.2) is 23.0 Å². The molecular weight excluding hydrogens is 400 g/mol. The van der Waals surface area contributed by atoms with Crippen LogP contribution >= 0.6 is 22.9 Å². The van der Waals surface area contributed by atoms with Crippen LogP contribution in [0.5, 0.6) is 0 Å². The van der Waals surface area contributed by atoms with Gasteiger partial charge in [-0.25, -0.2) is 4.98 Å². The van der Waals surface area contributed by atoms with E-state index < -0.39 is 4.92 Å². The molecule has 0 spiro atoms. The molecule has 0 aliphatic heterocycles. The minimum absolute atomic E-state index is 0.0118. The first-order chi connectivity index (χ1) is 13.5. The normalized spacial score (nSPS) is 13.9. The molecule has 1 N–H and O–H groups in total. The zero-order valence-electron chi connectivity index (χ0n) is 14.5. The molecule has 28 heavy (non-hydrogen) atoms. The van der Waals surface area contributed by atoms with Crippen molar-refractivity contribution in [2.45, 2.75) is 25.7 Å². The highest BCUT2D eigenvalue weighted by Gasteiger charge is 2.20. The number of rotatable bonds is 3. The number of thiophene rings is 1. The molecule has 140 valence electrons. The van der Waals surface area contributed by atoms with Crippen molar-refractivity contribution >= 4 is 50.5 Å². The van der Waals surface area contributed by atoms with E-state index in [1.165, 1.54) is 34.4 Å². The lowest BCUT2D eigenvalue weighted by Gasteiger charge is -2.09. The first-order valence-corrected chi connectivity index (χ1v) is 9.78. The van der Waals surface area contributed by atoms with Crippen LogP contribution in [0.25, 0.3) is 21.9 Å². The van der Waals surface area contributed by atoms with Crippen LogP contribution in [0.2, 0.25) is 5.02 Å². The van der Waals surface area contributed by atoms with Crippen molar-refractivity contribution in [3.05, 3.63) is 65.5 Å². The van der Waals surface area contributed by atoms with Gasteiger partial charge < -0.3 is 4.98 Å². The lowest BCUT2D eigenvalue weighted by molar-refractivity contribution is -0.384. The summed E-state index contributed by atoms with van der Waals surface area (Å²) in [6.45, 7) is 0. The number of aryl methyl sites for hydroxylation is 2. The van der Waals surface area contributed by atoms with Gasteiger partial charge in [-0.2, -0.15) is 5.26 Å². The zero-order chi connectivity index (χ0) is 19.8. The number of nitrogens with zero attached hydrogens (tertiary/aromatic N) is 3. The molecule has 2 aromatic heterocycles. The minimum atomic E-state index is -0.589. The highest BCUT2D eigenvalue weighted by Crippen LogP contribution is 2.34. The highest BCUT2D eigenvalue weighted by atomic mass is 35.5. The molecule has 0 radical (unpaired) electrons. The first kappa shape index (κ1) is 18.3. The van der Waals surface area contributed by atoms with Gasteiger partial charge in [-0.3, -0.25) is 14.9 Å². The predicted molar refractivity (Wildman–Crippen MR) is 108 cm³/mol. The van der Waals surface area contributed by atoms with Crippen molar-refractivity contribution in [2.75, 3.05) is 0 Å². The summed E-state index contributed by atoms with van der Waals surface area (Å²) in [7, 11) is 0. The maximum Gasteiger partial charge on any atom is 0.288 e. The van der Waals surface area contributed by atoms with E-state index in [9.17, 15) is 20.2 Å². The zero-order valence-corrected chi connectivity index (χ0v) is 16.1. The van der Waals surface area contributed by atoms with Crippen molar-refractivity contribution in [1.29, 1.82) is 5.26 Å². The number of hydrogen-bond acceptors (Lipinski definition) is 6. The number of benzene rings is 1. The molecule has 7 nitrogen and oxygen atoms in total. The summed E-state index contributed by atoms with van der Waals surface area (Å²) in [5, 5.41) is 21.3. The summed E-state index contributed by atoms with van der Waals surface area (Å²) in [6.07, 6.45) is 5.41. The second-order valence-electron chi connectivity index (χ2n) is 6.44. The van der Waals surface area contributed by atoms with Crippen LogP contribution in [-0.4, -0.2) is 14.9 Å². The van der Waals surface area contributed by atoms with E-state index >= 15 is 0 Å². The molecule has 0 amide bonds. The smallest absolute Gasteiger partial charge is 0.288 e. The molecule has 0 fully saturated rings. The molecule has 0 saturated carbocycles. The lowest BCUT2D eigenvalue weighted by Crippen LogP contribution is -2.12. The Labute approximate surface area is 168 Å². The average molecular weight is 413 g/mol. The quantitative estimate of drug-likeness (QED) is 0.387. The molecule has 3 aromatic rings. The van der Waals surface area contributed by atoms with E-state index in [0.29, 0.717) is 15.8 Å². The van der Waals surface area contributed by atoms with Gasteiger partial charge in [-0.1, -0.05) is 17.7 Å². The number of aromatic nitrogens is 2. The highest BCUT2D eigenvalue weighted by molar-refractivity contribution is 7.18. The van der Waals surface area contributed by atoms with Crippen LogP contribution in [0.1, 0.15) is 34.7 Å². The van der Waals surface area contributed by atoms with Crippen LogP contribution in [0, 0.1) is 21.4 Å². The number of nitrogens with one attached hydrogen (secondary N) is 1. The third-order valence-electron chi connectivity index (χ3n) is 4.68. The number of fused-ring (bicyclic) bond motifs is 3. The van der Waals surface area contributed by atoms with Gasteiger partial charge >= 0.3 is 0 Å². The summed E-state index contributed by atoms with van der Waals surface area (Å²) < 4.78 is 0. The Morgan fingerprint density at radius 3 is 2.93 bits per heavy atom. The topological polar surface area (TPSA) is 113 Å². The van der Waals surface area contributed by atoms with E-state index in [1.54, 1.807) is 6.07 Å². The second-order valence-corrected chi connectivity index (χ2v) is 7.93. The maximum absolute atomic E-state index is 12.7. The van der Waals surface area contributed by atoms with E-state index in [2.05, 4.69) is 9.97 Å². The Balaban J connectivity index is 1.83. The maximum atomic E-state index is 12.7. The fourth-order valence-corrected chi connectivity index (χ4v) is 4.82. The molecule has 2 heterocycles. The monoisotopic (exact) mass is 412 g/mol. The fourth-order valence-electron chi connectivity index (χ4n) is 3.37. The summed E-state index contributed by atoms with van der Waals surface area (Å²) in [4.78, 5) is 32.1. The average Bonchev–Trinajstić information content (AvgIpc) is 3.05. The first-order valence-electron chi connectivity index (χ1n) is 8.58. The van der Waals surface area contributed by atoms with Crippen LogP contribution in [0.4, 0.5) is 5.69 Å². The second kappa shape index (κ2) is 7.19. The summed E-state index contributed by atoms with van der Waals surface area (Å²) in [6, 6.07) is 6.25. The van der Waals surface area contributed by atoms with Gasteiger partial charge in [0, 0.05) is 10.9 Å². The molecule has 0 unspecified atom stereocenters. The van der Waals surface area contributed by atoms with Gasteiger partial charge in [0.2, 0.25) is 0 Å². The Morgan fingerprint density at radius 1 is 1.39 bits per heavy atom. The van der Waals surface area contributed by atoms with Crippen LogP contribution < -0.4 is 5.56 Å². The number of aromatic amines is 1. The van der Waals surface area contributed by atoms with Crippen LogP contribution in [0.3, 0.4) is 0 Å². The van der Waals surface area contributed by atoms with E-state index in [-0.39, 0.29) is 27.7 Å². The molecule has 0 atom stereocenters. The Bertz CT molecular complexity index is 1250. The Kier molecular flexibility index (Phi) is 4.71. The minimum Gasteiger partial charge on any atom is -0.305 e. The standard InChI is InChI=1S/C19H13ClN4O3S/c20-13-6-5-10(8-14(13)24(26)27)7-11(9-21)17-22-18(25)16-12-3-1-2-4-15(12)28-19(16)23-17/h5-8H,1-4H2,(H,22,23,25)/b11-7+. The van der Waals surface area contributed by atoms with Crippen molar-refractivity contribution in [2.24, 2.45) is 0 Å². The molecule has 1 aliphatic carbocycles. The predicted octanol–water partition coefficient (Wildman–Crippen LogP) is 4.49. The number of allylic oxidation sites excluding steroid dienone is 1. The Hall–Kier alpha value is -3.02. The molecule has 0 saturated heterocycles. The van der Waals surface area contributed by atoms with Gasteiger partial charge in [-0.15, -0.1) is 11.3 Å². The number of H-pyrrole nitrogens is 1. The van der Waals surface area contributed by atoms with Crippen molar-refractivity contribution in [1.82, 2.24) is 9.97 Å². The number of nitro groups is 1. The van der Waals surface area contributed by atoms with Gasteiger partial charge in [-0.05, 0) is 49.0 Å². The van der Waals surface area contributed by atoms with Gasteiger partial charge in [0.15, 0.2) is 5.82 Å². The molecular formula is C19H13ClN4O3S. The molecule has 1 aromatic carbocycles. The third-order valence-corrected chi connectivity index (χ3v) is 6.18. The van der Waals surface area contributed by atoms with Gasteiger partial charge in [0.05, 0.1) is 15.9 Å². The van der Waals surface area contributed by atoms with Crippen molar-refractivity contribution in [3.8, 4) is 6.07 Å². The Morgan fingerprint density at radius 2 is 2.18 bits per heavy atom. The van der Waals surface area contributed by atoms with Crippen LogP contribution in [-0.2, 0) is 12.8 Å². The fraction of sp³-hybridized carbons (Fsp3) is 0.211. The van der Waals surface area contributed by atoms with Gasteiger partial charge in [0.25, 0.3) is 11.2 Å². The molecule has 0 bridgehead atoms. The van der Waals surface area contributed by atoms with Crippen molar-refractivity contribution < 1.29 is 4.92 Å². The lowest BCUT2D eigenvalue weighted by atomic mass is 9.97. The molecule has 1 aliphatic rings. The molecule has 4 rings (SSSR count). The number of hydrogen-bond donors (Lipinski definition) is 1. The number of nitro benzene ring substituents is 1. The van der Waals surface area contributed by atoms with E-state index in [0.717, 1.165) is 31.2 Å². The summed E-state index contributed by atoms with van der Waals surface area (Å²) in [5.74, 6) is 0.149. The van der Waals surface area contributed by atoms with Gasteiger partial charge in [0.1, 0.15) is 15.9 Å². The third kappa shape index (κ3) is 3.19. The summed E-state index contributed by atoms with van der Waals surface area (Å²) >= 11 is 7.32. The largest absolute Gasteiger partial charge is 0.305 e. The van der Waals surface area contributed by atoms with Crippen molar-refractivity contribution in [3.63, 3.8) is 0 Å². The van der Waals surface area contributed by atoms with E-state index in [4.69, 9.17) is 11.6 Å². The van der Waals surface area contributed by atoms with E-state index in [1.807, 2.05) is 6.07 Å². The SMILES string of the molecule is N#C/C(=C\c1ccc(Cl)c([N+](=O)[O-])c1)c1nc2sc3c(c2c(=O)[nH]1)CCCC3.